The Morgan fingerprint density at radius 1 is 0.970 bits per heavy atom. The van der Waals surface area contributed by atoms with Gasteiger partial charge in [-0.2, -0.15) is 0 Å². The minimum Gasteiger partial charge on any atom is -0.493 e. The Kier molecular flexibility index (Phi) is 7.09. The molecule has 33 heavy (non-hydrogen) atoms. The number of benzene rings is 2. The Labute approximate surface area is 191 Å². The molecule has 0 radical (unpaired) electrons. The Morgan fingerprint density at radius 2 is 1.70 bits per heavy atom. The molecule has 2 amide bonds. The lowest BCUT2D eigenvalue weighted by atomic mass is 10.2. The second kappa shape index (κ2) is 10.4. The maximum atomic E-state index is 14.7. The third kappa shape index (κ3) is 5.43. The minimum atomic E-state index is -0.601. The number of nitrogens with one attached hydrogen (secondary N) is 2. The Hall–Kier alpha value is -3.59. The Morgan fingerprint density at radius 3 is 2.39 bits per heavy atom. The van der Waals surface area contributed by atoms with Crippen LogP contribution in [0.25, 0.3) is 10.9 Å². The van der Waals surface area contributed by atoms with E-state index in [0.29, 0.717) is 28.2 Å². The number of urea groups is 1. The van der Waals surface area contributed by atoms with E-state index in [1.54, 1.807) is 44.7 Å². The average molecular weight is 455 g/mol. The third-order valence-corrected chi connectivity index (χ3v) is 5.49. The highest BCUT2D eigenvalue weighted by molar-refractivity contribution is 5.89. The van der Waals surface area contributed by atoms with Crippen molar-refractivity contribution >= 4 is 22.6 Å². The first-order chi connectivity index (χ1) is 16.1. The van der Waals surface area contributed by atoms with Gasteiger partial charge in [0.15, 0.2) is 11.5 Å². The fraction of sp³-hybridized carbons (Fsp3) is 0.333. The maximum absolute atomic E-state index is 14.7. The van der Waals surface area contributed by atoms with Crippen LogP contribution >= 0.6 is 0 Å². The van der Waals surface area contributed by atoms with Gasteiger partial charge in [0, 0.05) is 36.8 Å². The lowest BCUT2D eigenvalue weighted by molar-refractivity contribution is 0.190. The van der Waals surface area contributed by atoms with Gasteiger partial charge >= 0.3 is 6.03 Å². The zero-order valence-corrected chi connectivity index (χ0v) is 18.7. The summed E-state index contributed by atoms with van der Waals surface area (Å²) in [5.74, 6) is 1.25. The van der Waals surface area contributed by atoms with Crippen molar-refractivity contribution in [2.45, 2.75) is 25.7 Å². The quantitative estimate of drug-likeness (QED) is 0.539. The number of rotatable bonds is 6. The molecule has 8 nitrogen and oxygen atoms in total. The van der Waals surface area contributed by atoms with Crippen molar-refractivity contribution in [1.82, 2.24) is 15.4 Å². The van der Waals surface area contributed by atoms with Gasteiger partial charge < -0.3 is 19.5 Å². The molecular weight excluding hydrogens is 427 g/mol. The van der Waals surface area contributed by atoms with Gasteiger partial charge in [0.05, 0.1) is 25.4 Å². The normalized spacial score (nSPS) is 14.4. The number of hydrogen-bond acceptors (Lipinski definition) is 6. The predicted octanol–water partition coefficient (Wildman–Crippen LogP) is 5.10. The number of aromatic nitrogens is 1. The van der Waals surface area contributed by atoms with Gasteiger partial charge in [0.1, 0.15) is 17.3 Å². The van der Waals surface area contributed by atoms with Gasteiger partial charge in [-0.1, -0.05) is 12.8 Å². The number of pyridine rings is 1. The smallest absolute Gasteiger partial charge is 0.333 e. The highest BCUT2D eigenvalue weighted by Gasteiger charge is 2.15. The number of nitrogens with zero attached hydrogens (tertiary/aromatic N) is 2. The number of hydrazine groups is 1. The van der Waals surface area contributed by atoms with E-state index in [1.165, 1.54) is 12.1 Å². The van der Waals surface area contributed by atoms with E-state index in [0.717, 1.165) is 38.8 Å². The SMILES string of the molecule is COc1cc2nccc(Oc3ccc(NC(=O)NN4CCCCCC4)c(F)c3)c2cc1OC. The van der Waals surface area contributed by atoms with Crippen LogP contribution in [0.3, 0.4) is 0 Å². The second-order valence-corrected chi connectivity index (χ2v) is 7.74. The molecule has 0 spiro atoms. The zero-order valence-electron chi connectivity index (χ0n) is 18.7. The van der Waals surface area contributed by atoms with E-state index in [9.17, 15) is 9.18 Å². The van der Waals surface area contributed by atoms with Crippen LogP contribution in [0, 0.1) is 5.82 Å². The van der Waals surface area contributed by atoms with Crippen LogP contribution < -0.4 is 25.0 Å². The molecule has 2 heterocycles. The van der Waals surface area contributed by atoms with E-state index < -0.39 is 11.8 Å². The summed E-state index contributed by atoms with van der Waals surface area (Å²) < 4.78 is 31.3. The number of methoxy groups -OCH3 is 2. The molecule has 1 fully saturated rings. The van der Waals surface area contributed by atoms with Crippen molar-refractivity contribution in [3.63, 3.8) is 0 Å². The predicted molar refractivity (Wildman–Crippen MR) is 124 cm³/mol. The fourth-order valence-corrected chi connectivity index (χ4v) is 3.80. The minimum absolute atomic E-state index is 0.0701. The Balaban J connectivity index is 1.48. The molecule has 4 rings (SSSR count). The molecule has 1 aromatic heterocycles. The van der Waals surface area contributed by atoms with E-state index in [1.807, 2.05) is 5.01 Å². The molecule has 0 bridgehead atoms. The number of anilines is 1. The van der Waals surface area contributed by atoms with Crippen LogP contribution in [0.4, 0.5) is 14.9 Å². The number of carbonyl (C=O) groups is 1. The summed E-state index contributed by atoms with van der Waals surface area (Å²) in [4.78, 5) is 16.6. The van der Waals surface area contributed by atoms with Crippen LogP contribution in [-0.4, -0.2) is 43.3 Å². The summed E-state index contributed by atoms with van der Waals surface area (Å²) in [5, 5.41) is 5.12. The van der Waals surface area contributed by atoms with Crippen molar-refractivity contribution in [1.29, 1.82) is 0 Å². The van der Waals surface area contributed by atoms with E-state index in [2.05, 4.69) is 15.7 Å². The van der Waals surface area contributed by atoms with Gasteiger partial charge in [-0.15, -0.1) is 0 Å². The molecule has 3 aromatic rings. The van der Waals surface area contributed by atoms with Crippen molar-refractivity contribution < 1.29 is 23.4 Å². The van der Waals surface area contributed by atoms with Crippen molar-refractivity contribution in [2.24, 2.45) is 0 Å². The van der Waals surface area contributed by atoms with Crippen molar-refractivity contribution in [3.8, 4) is 23.0 Å². The highest BCUT2D eigenvalue weighted by Crippen LogP contribution is 2.37. The summed E-state index contributed by atoms with van der Waals surface area (Å²) >= 11 is 0. The van der Waals surface area contributed by atoms with Crippen molar-refractivity contribution in [2.75, 3.05) is 32.6 Å². The summed E-state index contributed by atoms with van der Waals surface area (Å²) in [6.45, 7) is 1.58. The van der Waals surface area contributed by atoms with Crippen LogP contribution in [-0.2, 0) is 0 Å². The summed E-state index contributed by atoms with van der Waals surface area (Å²) in [6, 6.07) is 9.03. The molecule has 0 atom stereocenters. The lowest BCUT2D eigenvalue weighted by Crippen LogP contribution is -2.44. The molecule has 1 aliphatic rings. The number of amides is 2. The largest absolute Gasteiger partial charge is 0.493 e. The number of carbonyl (C=O) groups excluding carboxylic acids is 1. The van der Waals surface area contributed by atoms with Gasteiger partial charge in [-0.25, -0.2) is 14.2 Å². The highest BCUT2D eigenvalue weighted by atomic mass is 19.1. The van der Waals surface area contributed by atoms with Crippen molar-refractivity contribution in [3.05, 3.63) is 48.4 Å². The lowest BCUT2D eigenvalue weighted by Gasteiger charge is -2.21. The van der Waals surface area contributed by atoms with E-state index in [4.69, 9.17) is 14.2 Å². The molecule has 2 N–H and O–H groups in total. The molecule has 0 aliphatic carbocycles. The molecule has 1 aliphatic heterocycles. The molecular formula is C24H27FN4O4. The van der Waals surface area contributed by atoms with Crippen LogP contribution in [0.2, 0.25) is 0 Å². The molecule has 0 saturated carbocycles. The van der Waals surface area contributed by atoms with Gasteiger partial charge in [0.2, 0.25) is 0 Å². The first kappa shape index (κ1) is 22.6. The number of halogens is 1. The van der Waals surface area contributed by atoms with Crippen LogP contribution in [0.15, 0.2) is 42.6 Å². The van der Waals surface area contributed by atoms with Crippen LogP contribution in [0.5, 0.6) is 23.0 Å². The topological polar surface area (TPSA) is 85.0 Å². The molecule has 1 saturated heterocycles. The van der Waals surface area contributed by atoms with E-state index in [-0.39, 0.29) is 11.4 Å². The molecule has 174 valence electrons. The molecule has 0 unspecified atom stereocenters. The number of ether oxygens (including phenoxy) is 3. The first-order valence-electron chi connectivity index (χ1n) is 10.9. The third-order valence-electron chi connectivity index (χ3n) is 5.49. The van der Waals surface area contributed by atoms with Gasteiger partial charge in [0.25, 0.3) is 0 Å². The standard InChI is InChI=1S/C24H27FN4O4/c1-31-22-14-17-20(15-23(22)32-2)26-10-9-21(17)33-16-7-8-19(18(25)13-16)27-24(30)28-29-11-5-3-4-6-12-29/h7-10,13-15H,3-6,11-12H2,1-2H3,(H2,27,28,30). The summed E-state index contributed by atoms with van der Waals surface area (Å²) in [6.07, 6.45) is 5.97. The maximum Gasteiger partial charge on any atom is 0.333 e. The zero-order chi connectivity index (χ0) is 23.2. The van der Waals surface area contributed by atoms with Gasteiger partial charge in [-0.05, 0) is 37.1 Å². The fourth-order valence-electron chi connectivity index (χ4n) is 3.80. The monoisotopic (exact) mass is 454 g/mol. The molecule has 2 aromatic carbocycles. The first-order valence-corrected chi connectivity index (χ1v) is 10.9. The number of fused-ring (bicyclic) bond motifs is 1. The second-order valence-electron chi connectivity index (χ2n) is 7.74. The average Bonchev–Trinajstić information content (AvgIpc) is 3.08. The van der Waals surface area contributed by atoms with E-state index >= 15 is 0 Å². The summed E-state index contributed by atoms with van der Waals surface area (Å²) in [7, 11) is 3.10. The summed E-state index contributed by atoms with van der Waals surface area (Å²) in [5.41, 5.74) is 3.50. The molecule has 9 heteroatoms. The van der Waals surface area contributed by atoms with Crippen LogP contribution in [0.1, 0.15) is 25.7 Å². The van der Waals surface area contributed by atoms with Gasteiger partial charge in [-0.3, -0.25) is 10.4 Å². The Bertz CT molecular complexity index is 1130. The number of hydrogen-bond donors (Lipinski definition) is 2.